The molecule has 0 saturated heterocycles. The van der Waals surface area contributed by atoms with Crippen LogP contribution in [0.25, 0.3) is 0 Å². The molecule has 0 saturated carbocycles. The van der Waals surface area contributed by atoms with Gasteiger partial charge < -0.3 is 20.1 Å². The number of carbonyl (C=O) groups is 6. The summed E-state index contributed by atoms with van der Waals surface area (Å²) in [5.41, 5.74) is 1.81. The summed E-state index contributed by atoms with van der Waals surface area (Å²) in [6, 6.07) is 27.7. The molecule has 65 heavy (non-hydrogen) atoms. The van der Waals surface area contributed by atoms with E-state index in [0.717, 1.165) is 47.7 Å². The summed E-state index contributed by atoms with van der Waals surface area (Å²) in [6.07, 6.45) is 9.62. The summed E-state index contributed by atoms with van der Waals surface area (Å²) < 4.78 is 4.33. The highest BCUT2D eigenvalue weighted by atomic mass is 35.5. The minimum Gasteiger partial charge on any atom is -0.481 e. The van der Waals surface area contributed by atoms with E-state index in [2.05, 4.69) is 4.74 Å². The Morgan fingerprint density at radius 2 is 0.923 bits per heavy atom. The molecule has 3 N–H and O–H groups in total. The van der Waals surface area contributed by atoms with Gasteiger partial charge in [0, 0.05) is 35.6 Å². The van der Waals surface area contributed by atoms with Gasteiger partial charge in [0.2, 0.25) is 0 Å². The van der Waals surface area contributed by atoms with Crippen molar-refractivity contribution in [2.75, 3.05) is 38.4 Å². The van der Waals surface area contributed by atoms with Gasteiger partial charge in [0.05, 0.1) is 44.6 Å². The molecule has 0 bridgehead atoms. The Hall–Kier alpha value is -3.48. The van der Waals surface area contributed by atoms with Crippen molar-refractivity contribution in [3.63, 3.8) is 0 Å². The molecule has 0 fully saturated rings. The van der Waals surface area contributed by atoms with E-state index in [0.29, 0.717) is 20.1 Å². The number of carbonyl (C=O) groups excluding carboxylic acids is 3. The molecule has 348 valence electrons. The molecule has 0 amide bonds. The van der Waals surface area contributed by atoms with Gasteiger partial charge in [-0.15, -0.1) is 58.8 Å². The third-order valence-corrected chi connectivity index (χ3v) is 14.2. The summed E-state index contributed by atoms with van der Waals surface area (Å²) >= 11 is 37.0. The second-order valence-corrected chi connectivity index (χ2v) is 18.6. The van der Waals surface area contributed by atoms with Gasteiger partial charge in [-0.1, -0.05) is 82.3 Å². The molecule has 1 unspecified atom stereocenters. The predicted octanol–water partition coefficient (Wildman–Crippen LogP) is 13.7. The zero-order chi connectivity index (χ0) is 49.4. The quantitative estimate of drug-likeness (QED) is 0.0440. The summed E-state index contributed by atoms with van der Waals surface area (Å²) in [5.74, 6) is -6.18. The lowest BCUT2D eigenvalue weighted by molar-refractivity contribution is -0.138. The summed E-state index contributed by atoms with van der Waals surface area (Å²) in [7, 11) is 1.16. The van der Waals surface area contributed by atoms with E-state index in [1.54, 1.807) is 84.7 Å². The third-order valence-electron chi connectivity index (χ3n) is 8.07. The van der Waals surface area contributed by atoms with Crippen LogP contribution in [0.1, 0.15) is 44.7 Å². The normalized spacial score (nSPS) is 10.4. The van der Waals surface area contributed by atoms with Crippen LogP contribution in [-0.2, 0) is 30.3 Å². The summed E-state index contributed by atoms with van der Waals surface area (Å²) in [5, 5.41) is 28.7. The van der Waals surface area contributed by atoms with Crippen LogP contribution in [0, 0.1) is 0 Å². The minimum atomic E-state index is -1.47. The number of esters is 1. The number of benzene rings is 5. The lowest BCUT2D eigenvalue weighted by atomic mass is 10.0. The number of ketones is 2. The number of carboxylic acid groups (broad SMARTS) is 3. The van der Waals surface area contributed by atoms with Crippen LogP contribution in [0.5, 0.6) is 0 Å². The fraction of sp³-hybridized carbons (Fsp3) is 0.200. The highest BCUT2D eigenvalue weighted by Gasteiger charge is 2.18. The van der Waals surface area contributed by atoms with E-state index in [9.17, 15) is 28.8 Å². The monoisotopic (exact) mass is 1080 g/mol. The average molecular weight is 1080 g/mol. The molecule has 0 aliphatic carbocycles. The number of rotatable bonds is 13. The number of thioether (sulfide) groups is 5. The maximum absolute atomic E-state index is 11.4. The molecule has 20 heteroatoms. The number of methoxy groups -OCH3 is 1. The van der Waals surface area contributed by atoms with Crippen molar-refractivity contribution in [3.8, 4) is 0 Å². The highest BCUT2D eigenvalue weighted by molar-refractivity contribution is 7.99. The predicted molar refractivity (Wildman–Crippen MR) is 272 cm³/mol. The molecule has 0 spiro atoms. The zero-order valence-electron chi connectivity index (χ0n) is 35.7. The van der Waals surface area contributed by atoms with Gasteiger partial charge in [0.25, 0.3) is 11.6 Å². The smallest absolute Gasteiger partial charge is 0.379 e. The Kier molecular flexibility index (Phi) is 28.8. The van der Waals surface area contributed by atoms with Crippen molar-refractivity contribution in [2.45, 2.75) is 43.7 Å². The molecule has 5 aromatic carbocycles. The van der Waals surface area contributed by atoms with Crippen LogP contribution in [0.2, 0.25) is 25.1 Å². The molecule has 0 radical (unpaired) electrons. The van der Waals surface area contributed by atoms with Crippen LogP contribution in [0.4, 0.5) is 0 Å². The Morgan fingerprint density at radius 1 is 0.523 bits per heavy atom. The summed E-state index contributed by atoms with van der Waals surface area (Å²) in [6.45, 7) is 1.65. The summed E-state index contributed by atoms with van der Waals surface area (Å²) in [4.78, 5) is 69.6. The fourth-order valence-corrected chi connectivity index (χ4v) is 9.00. The van der Waals surface area contributed by atoms with E-state index < -0.39 is 41.4 Å². The average Bonchev–Trinajstić information content (AvgIpc) is 3.28. The first-order valence-electron chi connectivity index (χ1n) is 18.2. The largest absolute Gasteiger partial charge is 0.481 e. The van der Waals surface area contributed by atoms with Crippen LogP contribution in [0.3, 0.4) is 0 Å². The Balaban J connectivity index is 0.000000409. The number of carboxylic acids is 3. The van der Waals surface area contributed by atoms with Crippen LogP contribution in [0.15, 0.2) is 122 Å². The number of ether oxygens (including phenoxy) is 1. The van der Waals surface area contributed by atoms with Crippen molar-refractivity contribution in [3.05, 3.63) is 144 Å². The molecule has 1 atom stereocenters. The maximum atomic E-state index is 11.4. The van der Waals surface area contributed by atoms with E-state index in [4.69, 9.17) is 73.3 Å². The van der Waals surface area contributed by atoms with Crippen molar-refractivity contribution in [1.82, 2.24) is 0 Å². The first kappa shape index (κ1) is 59.5. The number of aliphatic carboxylic acids is 3. The number of hydrogen-bond acceptors (Lipinski definition) is 12. The Bertz CT molecular complexity index is 2440. The lowest BCUT2D eigenvalue weighted by Gasteiger charge is -2.08. The molecule has 0 aliphatic rings. The van der Waals surface area contributed by atoms with Gasteiger partial charge in [-0.05, 0) is 122 Å². The van der Waals surface area contributed by atoms with Crippen molar-refractivity contribution < 1.29 is 48.8 Å². The van der Waals surface area contributed by atoms with Gasteiger partial charge in [-0.3, -0.25) is 19.2 Å². The van der Waals surface area contributed by atoms with Gasteiger partial charge in [-0.2, -0.15) is 0 Å². The fourth-order valence-electron chi connectivity index (χ4n) is 4.65. The topological polar surface area (TPSA) is 172 Å². The maximum Gasteiger partial charge on any atom is 0.379 e. The molecular weight excluding hydrogens is 1040 g/mol. The highest BCUT2D eigenvalue weighted by Crippen LogP contribution is 2.30. The van der Waals surface area contributed by atoms with E-state index >= 15 is 0 Å². The molecule has 10 nitrogen and oxygen atoms in total. The van der Waals surface area contributed by atoms with Crippen LogP contribution >= 0.6 is 117 Å². The number of Topliss-reactive ketones (excluding diaryl/α,β-unsaturated/α-hetero) is 2. The van der Waals surface area contributed by atoms with Gasteiger partial charge in [0.1, 0.15) is 0 Å². The minimum absolute atomic E-state index is 0.0222. The van der Waals surface area contributed by atoms with E-state index in [1.807, 2.05) is 67.7 Å². The molecular formula is C45H43Cl5O10S5. The van der Waals surface area contributed by atoms with Crippen LogP contribution < -0.4 is 0 Å². The Labute approximate surface area is 424 Å². The standard InChI is InChI=1S/C10H9ClO3S.C10H11ClO2S.C9H7ClO3S.C9H9ClO2S.C7H7ClS/c1-14-10(13)9(12)6-3-4-8(15-2)7(11)5-6;1-6(10(12)13)7-3-4-9(14-2)8(11)5-7;1-14-7-3-2-5(4-6(7)10)8(11)9(12)13;1-13-8-3-2-6(4-7(8)10)5-9(11)12;1-9-7-5-3-2-4-6(7)8/h3-5H,1-2H3;3-6H,1-2H3,(H,12,13);2-4H,1H3,(H,12,13);2-4H,5H2,1H3,(H,11,12);2-5H,1H3. The zero-order valence-corrected chi connectivity index (χ0v) is 43.5. The second kappa shape index (κ2) is 31.5. The number of hydrogen-bond donors (Lipinski definition) is 3. The third kappa shape index (κ3) is 20.9. The first-order valence-corrected chi connectivity index (χ1v) is 26.2. The van der Waals surface area contributed by atoms with Gasteiger partial charge in [-0.25, -0.2) is 9.59 Å². The van der Waals surface area contributed by atoms with Gasteiger partial charge in [0.15, 0.2) is 0 Å². The van der Waals surface area contributed by atoms with E-state index in [1.165, 1.54) is 41.7 Å². The van der Waals surface area contributed by atoms with Crippen molar-refractivity contribution >= 4 is 152 Å². The van der Waals surface area contributed by atoms with Crippen molar-refractivity contribution in [2.24, 2.45) is 0 Å². The Morgan fingerprint density at radius 3 is 1.28 bits per heavy atom. The second-order valence-electron chi connectivity index (χ2n) is 12.3. The van der Waals surface area contributed by atoms with Crippen molar-refractivity contribution in [1.29, 1.82) is 0 Å². The van der Waals surface area contributed by atoms with Crippen LogP contribution in [-0.4, -0.2) is 89.2 Å². The molecule has 0 aromatic heterocycles. The van der Waals surface area contributed by atoms with Gasteiger partial charge >= 0.3 is 23.9 Å². The first-order chi connectivity index (χ1) is 30.7. The molecule has 0 aliphatic heterocycles. The lowest BCUT2D eigenvalue weighted by Crippen LogP contribution is -2.15. The number of halogens is 5. The molecule has 5 aromatic rings. The molecule has 0 heterocycles. The molecule has 5 rings (SSSR count). The van der Waals surface area contributed by atoms with E-state index in [-0.39, 0.29) is 17.5 Å². The SMILES string of the molecule is COC(=O)C(=O)c1ccc(SC)c(Cl)c1.CSc1ccc(C(=O)C(=O)O)cc1Cl.CSc1ccc(C(C)C(=O)O)cc1Cl.CSc1ccc(CC(=O)O)cc1Cl.CSc1ccccc1Cl.